The highest BCUT2D eigenvalue weighted by Crippen LogP contribution is 2.29. The van der Waals surface area contributed by atoms with Gasteiger partial charge < -0.3 is 47.3 Å². The Morgan fingerprint density at radius 3 is 1.91 bits per heavy atom. The molecule has 1 heterocycles. The molecule has 6 amide bonds. The molecule has 4 atom stereocenters. The van der Waals surface area contributed by atoms with Gasteiger partial charge in [-0.1, -0.05) is 72.8 Å². The number of thiophene rings is 1. The molecule has 0 aliphatic carbocycles. The van der Waals surface area contributed by atoms with Gasteiger partial charge in [0.15, 0.2) is 0 Å². The van der Waals surface area contributed by atoms with Crippen LogP contribution < -0.4 is 37.1 Å². The van der Waals surface area contributed by atoms with Crippen molar-refractivity contribution in [3.63, 3.8) is 0 Å². The summed E-state index contributed by atoms with van der Waals surface area (Å²) in [6.45, 7) is 1.15. The average molecular weight is 975 g/mol. The van der Waals surface area contributed by atoms with E-state index in [1.165, 1.54) is 35.6 Å². The van der Waals surface area contributed by atoms with Crippen molar-refractivity contribution in [2.75, 3.05) is 13.2 Å². The Kier molecular flexibility index (Phi) is 18.1. The lowest BCUT2D eigenvalue weighted by Crippen LogP contribution is -2.57. The number of aliphatic carboxylic acids is 2. The molecule has 360 valence electrons. The van der Waals surface area contributed by atoms with Gasteiger partial charge in [0.25, 0.3) is 16.0 Å². The standard InChI is InChI=1S/C46H50N6O14S2/c1-2-66-36-18-15-28-7-3-4-9-31(28)41(36)46(62)52-34(21-26-11-13-27(14-12-26)25-68(63,64)65)43(59)48-23-38(53)49-33(17-20-40(56)57)44(60)51-35(22-29-24-67-37-10-6-5-8-30(29)37)45(61)50-32(42(47)58)16-19-39(54)55/h3-15,18,24,32-35H,2,16-17,19-23,25H2,1H3,(H2,47,58)(H,48,59)(H,49,53)(H,50,61)(H,51,60)(H,52,62)(H,54,55)(H,56,57)(H,63,64,65). The van der Waals surface area contributed by atoms with Gasteiger partial charge in [-0.2, -0.15) is 8.42 Å². The van der Waals surface area contributed by atoms with Crippen molar-refractivity contribution in [2.24, 2.45) is 5.73 Å². The molecule has 20 nitrogen and oxygen atoms in total. The number of benzene rings is 4. The Labute approximate surface area is 393 Å². The van der Waals surface area contributed by atoms with E-state index in [2.05, 4.69) is 26.6 Å². The van der Waals surface area contributed by atoms with Crippen LogP contribution in [-0.4, -0.2) is 108 Å². The molecule has 4 aromatic carbocycles. The number of nitrogens with one attached hydrogen (secondary N) is 5. The number of primary amides is 1. The molecule has 0 saturated heterocycles. The number of fused-ring (bicyclic) bond motifs is 2. The van der Waals surface area contributed by atoms with Crippen LogP contribution in [0, 0.1) is 0 Å². The molecule has 5 aromatic rings. The van der Waals surface area contributed by atoms with Crippen LogP contribution in [0.15, 0.2) is 90.3 Å². The molecule has 0 spiro atoms. The zero-order valence-electron chi connectivity index (χ0n) is 36.6. The molecule has 10 N–H and O–H groups in total. The molecule has 5 rings (SSSR count). The molecule has 0 bridgehead atoms. The Morgan fingerprint density at radius 1 is 0.676 bits per heavy atom. The van der Waals surface area contributed by atoms with Gasteiger partial charge in [0.1, 0.15) is 35.7 Å². The predicted octanol–water partition coefficient (Wildman–Crippen LogP) is 2.21. The summed E-state index contributed by atoms with van der Waals surface area (Å²) in [5.74, 6) is -8.51. The van der Waals surface area contributed by atoms with E-state index < -0.39 is 113 Å². The molecule has 68 heavy (non-hydrogen) atoms. The quantitative estimate of drug-likeness (QED) is 0.0379. The lowest BCUT2D eigenvalue weighted by molar-refractivity contribution is -0.138. The van der Waals surface area contributed by atoms with Crippen LogP contribution in [-0.2, 0) is 62.3 Å². The Balaban J connectivity index is 1.36. The number of carboxylic acids is 2. The first-order chi connectivity index (χ1) is 32.3. The number of nitrogens with two attached hydrogens (primary N) is 1. The molecule has 0 saturated carbocycles. The summed E-state index contributed by atoms with van der Waals surface area (Å²) in [5.41, 5.74) is 6.89. The van der Waals surface area contributed by atoms with Crippen molar-refractivity contribution in [3.05, 3.63) is 113 Å². The SMILES string of the molecule is CCOc1ccc2ccccc2c1C(=O)NC(Cc1ccc(CS(=O)(=O)O)cc1)C(=O)NCC(=O)NC(CCC(=O)O)C(=O)NC(Cc1csc2ccccc12)C(=O)NC(CCC(=O)O)C(N)=O. The highest BCUT2D eigenvalue weighted by atomic mass is 32.2. The van der Waals surface area contributed by atoms with Crippen LogP contribution in [0.1, 0.15) is 59.7 Å². The minimum atomic E-state index is -4.35. The zero-order chi connectivity index (χ0) is 49.5. The van der Waals surface area contributed by atoms with Gasteiger partial charge in [-0.3, -0.25) is 42.9 Å². The number of rotatable bonds is 25. The highest BCUT2D eigenvalue weighted by molar-refractivity contribution is 7.85. The third-order valence-corrected chi connectivity index (χ3v) is 12.2. The number of hydrogen-bond acceptors (Lipinski definition) is 12. The van der Waals surface area contributed by atoms with E-state index in [-0.39, 0.29) is 42.7 Å². The summed E-state index contributed by atoms with van der Waals surface area (Å²) in [7, 11) is -4.35. The molecule has 22 heteroatoms. The largest absolute Gasteiger partial charge is 0.493 e. The van der Waals surface area contributed by atoms with Gasteiger partial charge >= 0.3 is 11.9 Å². The highest BCUT2D eigenvalue weighted by Gasteiger charge is 2.31. The van der Waals surface area contributed by atoms with Crippen LogP contribution in [0.4, 0.5) is 0 Å². The van der Waals surface area contributed by atoms with E-state index in [9.17, 15) is 56.4 Å². The first kappa shape index (κ1) is 51.6. The summed E-state index contributed by atoms with van der Waals surface area (Å²) >= 11 is 1.36. The van der Waals surface area contributed by atoms with E-state index in [0.717, 1.165) is 10.1 Å². The van der Waals surface area contributed by atoms with Crippen molar-refractivity contribution in [1.29, 1.82) is 0 Å². The van der Waals surface area contributed by atoms with E-state index in [1.807, 2.05) is 12.1 Å². The third kappa shape index (κ3) is 15.1. The first-order valence-corrected chi connectivity index (χ1v) is 23.6. The van der Waals surface area contributed by atoms with Crippen LogP contribution in [0.5, 0.6) is 5.75 Å². The van der Waals surface area contributed by atoms with Crippen molar-refractivity contribution >= 4 is 89.7 Å². The zero-order valence-corrected chi connectivity index (χ0v) is 38.2. The number of carbonyl (C=O) groups is 8. The van der Waals surface area contributed by atoms with Gasteiger partial charge in [0, 0.05) is 30.4 Å². The fourth-order valence-electron chi connectivity index (χ4n) is 7.21. The second-order valence-electron chi connectivity index (χ2n) is 15.6. The number of ether oxygens (including phenoxy) is 1. The summed E-state index contributed by atoms with van der Waals surface area (Å²) in [4.78, 5) is 104. The van der Waals surface area contributed by atoms with Gasteiger partial charge in [0.05, 0.1) is 18.7 Å². The third-order valence-electron chi connectivity index (χ3n) is 10.5. The number of amides is 6. The molecule has 4 unspecified atom stereocenters. The molecular formula is C46H50N6O14S2. The maximum absolute atomic E-state index is 14.1. The van der Waals surface area contributed by atoms with E-state index in [1.54, 1.807) is 60.8 Å². The van der Waals surface area contributed by atoms with Crippen molar-refractivity contribution in [2.45, 2.75) is 75.4 Å². The topological polar surface area (TPSA) is 327 Å². The number of carbonyl (C=O) groups excluding carboxylic acids is 6. The van der Waals surface area contributed by atoms with Crippen LogP contribution in [0.3, 0.4) is 0 Å². The van der Waals surface area contributed by atoms with Gasteiger partial charge in [0.2, 0.25) is 29.5 Å². The molecule has 0 aliphatic rings. The summed E-state index contributed by atoms with van der Waals surface area (Å²) < 4.78 is 38.8. The van der Waals surface area contributed by atoms with Crippen LogP contribution >= 0.6 is 11.3 Å². The Morgan fingerprint density at radius 2 is 1.26 bits per heavy atom. The normalized spacial score (nSPS) is 13.0. The Bertz CT molecular complexity index is 2800. The second kappa shape index (κ2) is 23.8. The number of hydrogen-bond donors (Lipinski definition) is 9. The van der Waals surface area contributed by atoms with Crippen molar-refractivity contribution < 1.29 is 66.3 Å². The predicted molar refractivity (Wildman–Crippen MR) is 249 cm³/mol. The van der Waals surface area contributed by atoms with Crippen LogP contribution in [0.25, 0.3) is 20.9 Å². The van der Waals surface area contributed by atoms with E-state index in [4.69, 9.17) is 15.6 Å². The summed E-state index contributed by atoms with van der Waals surface area (Å²) in [6, 6.07) is 17.6. The van der Waals surface area contributed by atoms with Gasteiger partial charge in [-0.05, 0) is 70.1 Å². The maximum Gasteiger partial charge on any atom is 0.303 e. The average Bonchev–Trinajstić information content (AvgIpc) is 3.70. The fourth-order valence-corrected chi connectivity index (χ4v) is 8.80. The molecule has 0 fully saturated rings. The molecule has 0 radical (unpaired) electrons. The van der Waals surface area contributed by atoms with Crippen LogP contribution in [0.2, 0.25) is 0 Å². The van der Waals surface area contributed by atoms with Gasteiger partial charge in [-0.15, -0.1) is 11.3 Å². The minimum Gasteiger partial charge on any atom is -0.493 e. The lowest BCUT2D eigenvalue weighted by Gasteiger charge is -2.25. The monoisotopic (exact) mass is 974 g/mol. The van der Waals surface area contributed by atoms with Crippen molar-refractivity contribution in [3.8, 4) is 5.75 Å². The molecule has 0 aliphatic heterocycles. The van der Waals surface area contributed by atoms with Gasteiger partial charge in [-0.25, -0.2) is 0 Å². The minimum absolute atomic E-state index is 0.126. The summed E-state index contributed by atoms with van der Waals surface area (Å²) in [6.07, 6.45) is -2.29. The second-order valence-corrected chi connectivity index (χ2v) is 17.9. The summed E-state index contributed by atoms with van der Waals surface area (Å²) in [5, 5.41) is 34.9. The lowest BCUT2D eigenvalue weighted by atomic mass is 10.0. The van der Waals surface area contributed by atoms with E-state index in [0.29, 0.717) is 21.9 Å². The van der Waals surface area contributed by atoms with E-state index >= 15 is 0 Å². The van der Waals surface area contributed by atoms with Crippen molar-refractivity contribution in [1.82, 2.24) is 26.6 Å². The molecule has 1 aromatic heterocycles. The fraction of sp³-hybridized carbons (Fsp3) is 0.304. The number of carboxylic acid groups (broad SMARTS) is 2. The smallest absolute Gasteiger partial charge is 0.303 e. The first-order valence-electron chi connectivity index (χ1n) is 21.2. The Hall–Kier alpha value is -7.43. The maximum atomic E-state index is 14.1. The molecular weight excluding hydrogens is 925 g/mol.